The SMILES string of the molecule is CC/C=C\C/C=C\C/C=C\C/C=C\C/C=C\C/C=C\C/C=C\C/C=C\C/C=C\C/C=C\CCCCCCCCC(=O)NC(COC1OC(CO)C(OC2OC(CO)C(O)C(O)C2O)C(O)C1O)C(O)/C=C/CCCCCCCC. The molecule has 0 aromatic heterocycles. The summed E-state index contributed by atoms with van der Waals surface area (Å²) in [7, 11) is 0. The number of rotatable bonds is 45. The molecule has 0 radical (unpaired) electrons. The van der Waals surface area contributed by atoms with Gasteiger partial charge in [0.1, 0.15) is 48.8 Å². The van der Waals surface area contributed by atoms with Gasteiger partial charge in [-0.25, -0.2) is 0 Å². The summed E-state index contributed by atoms with van der Waals surface area (Å²) in [6.45, 7) is 2.58. The molecule has 2 aliphatic heterocycles. The average molecular weight is 1110 g/mol. The highest BCUT2D eigenvalue weighted by Crippen LogP contribution is 2.30. The maximum atomic E-state index is 13.2. The van der Waals surface area contributed by atoms with E-state index in [4.69, 9.17) is 18.9 Å². The lowest BCUT2D eigenvalue weighted by Crippen LogP contribution is -2.65. The van der Waals surface area contributed by atoms with Gasteiger partial charge in [-0.15, -0.1) is 0 Å². The van der Waals surface area contributed by atoms with Crippen LogP contribution >= 0.6 is 0 Å². The summed E-state index contributed by atoms with van der Waals surface area (Å²) in [6.07, 6.45) is 55.3. The summed E-state index contributed by atoms with van der Waals surface area (Å²) in [6, 6.07) is -0.930. The molecular formula is C65H105NO13. The molecule has 12 atom stereocenters. The highest BCUT2D eigenvalue weighted by molar-refractivity contribution is 5.76. The molecule has 2 fully saturated rings. The maximum absolute atomic E-state index is 13.2. The van der Waals surface area contributed by atoms with Gasteiger partial charge in [0, 0.05) is 6.42 Å². The van der Waals surface area contributed by atoms with Gasteiger partial charge in [0.15, 0.2) is 12.6 Å². The zero-order chi connectivity index (χ0) is 57.4. The minimum Gasteiger partial charge on any atom is -0.394 e. The van der Waals surface area contributed by atoms with Crippen molar-refractivity contribution in [3.63, 3.8) is 0 Å². The normalized spacial score (nSPS) is 25.4. The average Bonchev–Trinajstić information content (AvgIpc) is 3.47. The van der Waals surface area contributed by atoms with Crippen molar-refractivity contribution in [3.05, 3.63) is 134 Å². The lowest BCUT2D eigenvalue weighted by atomic mass is 9.97. The first-order valence-electron chi connectivity index (χ1n) is 29.9. The van der Waals surface area contributed by atoms with Crippen molar-refractivity contribution >= 4 is 5.91 Å². The minimum atomic E-state index is -1.79. The van der Waals surface area contributed by atoms with Crippen LogP contribution in [0.2, 0.25) is 0 Å². The molecule has 0 aromatic carbocycles. The zero-order valence-corrected chi connectivity index (χ0v) is 48.0. The fourth-order valence-corrected chi connectivity index (χ4v) is 8.79. The Labute approximate surface area is 475 Å². The van der Waals surface area contributed by atoms with Crippen LogP contribution in [-0.2, 0) is 23.7 Å². The van der Waals surface area contributed by atoms with Crippen molar-refractivity contribution in [2.75, 3.05) is 19.8 Å². The quantitative estimate of drug-likeness (QED) is 0.0205. The second kappa shape index (κ2) is 48.8. The van der Waals surface area contributed by atoms with Crippen molar-refractivity contribution in [1.29, 1.82) is 0 Å². The molecule has 448 valence electrons. The van der Waals surface area contributed by atoms with E-state index in [-0.39, 0.29) is 18.9 Å². The van der Waals surface area contributed by atoms with Crippen LogP contribution < -0.4 is 5.32 Å². The maximum Gasteiger partial charge on any atom is 0.220 e. The largest absolute Gasteiger partial charge is 0.394 e. The third-order valence-corrected chi connectivity index (χ3v) is 13.6. The first kappa shape index (κ1) is 71.2. The molecule has 79 heavy (non-hydrogen) atoms. The van der Waals surface area contributed by atoms with Crippen LogP contribution in [0.15, 0.2) is 134 Å². The van der Waals surface area contributed by atoms with Gasteiger partial charge in [0.25, 0.3) is 0 Å². The number of unbranched alkanes of at least 4 members (excludes halogenated alkanes) is 12. The van der Waals surface area contributed by atoms with Crippen LogP contribution in [-0.4, -0.2) is 140 Å². The molecule has 0 spiro atoms. The smallest absolute Gasteiger partial charge is 0.220 e. The Bertz CT molecular complexity index is 1830. The number of allylic oxidation sites excluding steroid dienone is 21. The van der Waals surface area contributed by atoms with E-state index in [0.29, 0.717) is 6.42 Å². The van der Waals surface area contributed by atoms with Gasteiger partial charge in [0.2, 0.25) is 5.91 Å². The number of carbonyl (C=O) groups excluding carboxylic acids is 1. The number of ether oxygens (including phenoxy) is 4. The summed E-state index contributed by atoms with van der Waals surface area (Å²) in [5.74, 6) is -0.265. The summed E-state index contributed by atoms with van der Waals surface area (Å²) in [5, 5.41) is 86.7. The van der Waals surface area contributed by atoms with Gasteiger partial charge < -0.3 is 65.1 Å². The molecule has 2 saturated heterocycles. The van der Waals surface area contributed by atoms with Crippen LogP contribution in [0, 0.1) is 0 Å². The number of hydrogen-bond acceptors (Lipinski definition) is 13. The first-order valence-corrected chi connectivity index (χ1v) is 29.9. The third kappa shape index (κ3) is 34.2. The molecule has 2 rings (SSSR count). The van der Waals surface area contributed by atoms with E-state index in [1.807, 2.05) is 6.08 Å². The summed E-state index contributed by atoms with van der Waals surface area (Å²) in [5.41, 5.74) is 0. The van der Waals surface area contributed by atoms with E-state index in [1.165, 1.54) is 19.3 Å². The molecule has 14 nitrogen and oxygen atoms in total. The molecule has 0 bridgehead atoms. The zero-order valence-electron chi connectivity index (χ0n) is 48.0. The Hall–Kier alpha value is -3.87. The Morgan fingerprint density at radius 3 is 1.34 bits per heavy atom. The van der Waals surface area contributed by atoms with Crippen molar-refractivity contribution in [2.24, 2.45) is 0 Å². The third-order valence-electron chi connectivity index (χ3n) is 13.6. The Kier molecular flexibility index (Phi) is 44.0. The Morgan fingerprint density at radius 1 is 0.468 bits per heavy atom. The van der Waals surface area contributed by atoms with Crippen LogP contribution in [0.5, 0.6) is 0 Å². The fourth-order valence-electron chi connectivity index (χ4n) is 8.79. The molecule has 0 saturated carbocycles. The van der Waals surface area contributed by atoms with Gasteiger partial charge in [-0.3, -0.25) is 4.79 Å². The second-order valence-corrected chi connectivity index (χ2v) is 20.4. The molecule has 12 unspecified atom stereocenters. The highest BCUT2D eigenvalue weighted by Gasteiger charge is 2.51. The topological polar surface area (TPSA) is 228 Å². The van der Waals surface area contributed by atoms with Crippen molar-refractivity contribution in [2.45, 2.75) is 248 Å². The number of hydrogen-bond donors (Lipinski definition) is 9. The van der Waals surface area contributed by atoms with Crippen LogP contribution in [0.1, 0.15) is 174 Å². The summed E-state index contributed by atoms with van der Waals surface area (Å²) >= 11 is 0. The predicted octanol–water partition coefficient (Wildman–Crippen LogP) is 10.4. The van der Waals surface area contributed by atoms with E-state index in [9.17, 15) is 45.6 Å². The summed E-state index contributed by atoms with van der Waals surface area (Å²) < 4.78 is 22.7. The van der Waals surface area contributed by atoms with Crippen molar-refractivity contribution < 1.29 is 64.6 Å². The fraction of sp³-hybridized carbons (Fsp3) is 0.646. The highest BCUT2D eigenvalue weighted by atomic mass is 16.7. The number of aliphatic hydroxyl groups excluding tert-OH is 8. The molecule has 0 aliphatic carbocycles. The first-order chi connectivity index (χ1) is 38.6. The van der Waals surface area contributed by atoms with Gasteiger partial charge in [0.05, 0.1) is 32.0 Å². The minimum absolute atomic E-state index is 0.254. The van der Waals surface area contributed by atoms with Gasteiger partial charge in [-0.05, 0) is 96.3 Å². The Balaban J connectivity index is 1.63. The van der Waals surface area contributed by atoms with E-state index < -0.39 is 86.8 Å². The summed E-state index contributed by atoms with van der Waals surface area (Å²) in [4.78, 5) is 13.2. The van der Waals surface area contributed by atoms with Crippen LogP contribution in [0.4, 0.5) is 0 Å². The second-order valence-electron chi connectivity index (χ2n) is 20.4. The molecule has 2 aliphatic rings. The lowest BCUT2D eigenvalue weighted by molar-refractivity contribution is -0.359. The molecule has 1 amide bonds. The number of nitrogens with one attached hydrogen (secondary N) is 1. The molecular weight excluding hydrogens is 1000 g/mol. The number of amides is 1. The number of aliphatic hydroxyl groups is 8. The van der Waals surface area contributed by atoms with E-state index in [0.717, 1.165) is 128 Å². The number of carbonyl (C=O) groups is 1. The Morgan fingerprint density at radius 2 is 0.873 bits per heavy atom. The van der Waals surface area contributed by atoms with E-state index in [1.54, 1.807) is 6.08 Å². The lowest BCUT2D eigenvalue weighted by Gasteiger charge is -2.46. The van der Waals surface area contributed by atoms with Gasteiger partial charge in [-0.1, -0.05) is 205 Å². The van der Waals surface area contributed by atoms with E-state index >= 15 is 0 Å². The monoisotopic (exact) mass is 1110 g/mol. The van der Waals surface area contributed by atoms with Gasteiger partial charge >= 0.3 is 0 Å². The van der Waals surface area contributed by atoms with Crippen LogP contribution in [0.3, 0.4) is 0 Å². The van der Waals surface area contributed by atoms with Gasteiger partial charge in [-0.2, -0.15) is 0 Å². The molecule has 0 aromatic rings. The molecule has 14 heteroatoms. The van der Waals surface area contributed by atoms with Crippen molar-refractivity contribution in [3.8, 4) is 0 Å². The predicted molar refractivity (Wildman–Crippen MR) is 318 cm³/mol. The molecule has 9 N–H and O–H groups in total. The standard InChI is InChI=1S/C65H105NO13/c1-3-5-7-9-11-13-14-15-16-17-18-19-20-21-22-23-24-25-26-27-28-29-30-31-32-33-34-35-36-37-38-39-40-41-43-45-47-49-57(70)66-53(54(69)48-46-44-42-12-10-8-6-4-2)52-76-64-62(75)60(73)63(56(51-68)78-64)79-65-61(74)59(72)58(71)55(50-67)77-65/h5,7,11,13,15-16,18-19,21-22,24-25,27-28,30-31,33-34,36-37,46,48,53-56,58-65,67-69,71-75H,3-4,6,8-10,12,14,17,20,23,26,29,32,35,38-45,47,49-52H2,1-2H3,(H,66,70)/b7-5-,13-11-,16-15-,19-18-,22-21-,25-24-,28-27-,31-30-,34-33-,37-36-,48-46+. The van der Waals surface area contributed by atoms with E-state index in [2.05, 4.69) is 141 Å². The van der Waals surface area contributed by atoms with Crippen LogP contribution in [0.25, 0.3) is 0 Å². The van der Waals surface area contributed by atoms with Crippen molar-refractivity contribution in [1.82, 2.24) is 5.32 Å². The molecule has 2 heterocycles.